The van der Waals surface area contributed by atoms with E-state index in [4.69, 9.17) is 4.74 Å². The number of nitrogens with zero attached hydrogens (tertiary/aromatic N) is 1. The second kappa shape index (κ2) is 9.66. The molecule has 3 aromatic rings. The van der Waals surface area contributed by atoms with Crippen LogP contribution < -0.4 is 14.4 Å². The Labute approximate surface area is 183 Å². The van der Waals surface area contributed by atoms with Crippen molar-refractivity contribution in [2.75, 3.05) is 18.0 Å². The molecule has 1 amide bonds. The number of benzene rings is 3. The molecular formula is C24H26N2O4S. The second-order valence-electron chi connectivity index (χ2n) is 7.19. The monoisotopic (exact) mass is 438 g/mol. The van der Waals surface area contributed by atoms with Gasteiger partial charge in [0.05, 0.1) is 23.7 Å². The maximum atomic E-state index is 13.3. The zero-order valence-corrected chi connectivity index (χ0v) is 18.6. The first kappa shape index (κ1) is 22.4. The van der Waals surface area contributed by atoms with Gasteiger partial charge in [0, 0.05) is 5.56 Å². The lowest BCUT2D eigenvalue weighted by Gasteiger charge is -2.25. The molecule has 31 heavy (non-hydrogen) atoms. The molecule has 0 aliphatic heterocycles. The van der Waals surface area contributed by atoms with Gasteiger partial charge in [-0.15, -0.1) is 0 Å². The number of amides is 1. The molecule has 0 saturated carbocycles. The molecule has 0 bridgehead atoms. The average Bonchev–Trinajstić information content (AvgIpc) is 2.78. The average molecular weight is 439 g/mol. The van der Waals surface area contributed by atoms with Gasteiger partial charge in [-0.3, -0.25) is 9.10 Å². The molecule has 6 nitrogen and oxygen atoms in total. The van der Waals surface area contributed by atoms with E-state index in [1.165, 1.54) is 12.1 Å². The quantitative estimate of drug-likeness (QED) is 0.575. The second-order valence-corrected chi connectivity index (χ2v) is 9.05. The minimum atomic E-state index is -3.93. The van der Waals surface area contributed by atoms with Crippen molar-refractivity contribution in [3.8, 4) is 5.75 Å². The standard InChI is InChI=1S/C24H26N2O4S/c1-18-13-15-20(16-14-18)26(31(28,29)21-9-5-4-6-10-21)17-24(27)25-19(2)22-11-7-8-12-23(22)30-3/h4-16,19H,17H2,1-3H3,(H,25,27). The number of hydrogen-bond acceptors (Lipinski definition) is 4. The lowest BCUT2D eigenvalue weighted by molar-refractivity contribution is -0.120. The fourth-order valence-corrected chi connectivity index (χ4v) is 4.71. The lowest BCUT2D eigenvalue weighted by Crippen LogP contribution is -2.41. The molecule has 0 aromatic heterocycles. The van der Waals surface area contributed by atoms with Gasteiger partial charge in [0.1, 0.15) is 12.3 Å². The molecule has 0 spiro atoms. The minimum Gasteiger partial charge on any atom is -0.496 e. The van der Waals surface area contributed by atoms with Gasteiger partial charge in [-0.05, 0) is 44.2 Å². The van der Waals surface area contributed by atoms with Crippen molar-refractivity contribution in [2.24, 2.45) is 0 Å². The van der Waals surface area contributed by atoms with Gasteiger partial charge in [0.2, 0.25) is 5.91 Å². The summed E-state index contributed by atoms with van der Waals surface area (Å²) < 4.78 is 33.2. The molecule has 3 rings (SSSR count). The van der Waals surface area contributed by atoms with Crippen molar-refractivity contribution in [1.29, 1.82) is 0 Å². The van der Waals surface area contributed by atoms with Gasteiger partial charge in [-0.25, -0.2) is 8.42 Å². The van der Waals surface area contributed by atoms with Crippen LogP contribution in [0.4, 0.5) is 5.69 Å². The molecule has 0 radical (unpaired) electrons. The zero-order valence-electron chi connectivity index (χ0n) is 17.8. The zero-order chi connectivity index (χ0) is 22.4. The smallest absolute Gasteiger partial charge is 0.264 e. The number of sulfonamides is 1. The number of para-hydroxylation sites is 1. The number of ether oxygens (including phenoxy) is 1. The number of nitrogens with one attached hydrogen (secondary N) is 1. The Bertz CT molecular complexity index is 1130. The van der Waals surface area contributed by atoms with E-state index in [1.807, 2.05) is 50.2 Å². The number of aryl methyl sites for hydroxylation is 1. The van der Waals surface area contributed by atoms with Crippen molar-refractivity contribution in [2.45, 2.75) is 24.8 Å². The van der Waals surface area contributed by atoms with Crippen molar-refractivity contribution < 1.29 is 17.9 Å². The fraction of sp³-hybridized carbons (Fsp3) is 0.208. The van der Waals surface area contributed by atoms with E-state index in [9.17, 15) is 13.2 Å². The summed E-state index contributed by atoms with van der Waals surface area (Å²) in [7, 11) is -2.36. The maximum Gasteiger partial charge on any atom is 0.264 e. The topological polar surface area (TPSA) is 75.7 Å². The van der Waals surface area contributed by atoms with Crippen molar-refractivity contribution in [3.63, 3.8) is 0 Å². The predicted octanol–water partition coefficient (Wildman–Crippen LogP) is 4.08. The Morgan fingerprint density at radius 3 is 2.23 bits per heavy atom. The first-order chi connectivity index (χ1) is 14.8. The van der Waals surface area contributed by atoms with Crippen LogP contribution in [0.3, 0.4) is 0 Å². The Kier molecular flexibility index (Phi) is 6.97. The molecule has 162 valence electrons. The number of anilines is 1. The summed E-state index contributed by atoms with van der Waals surface area (Å²) in [6, 6.07) is 22.2. The maximum absolute atomic E-state index is 13.3. The van der Waals surface area contributed by atoms with Crippen LogP contribution in [0.15, 0.2) is 83.8 Å². The van der Waals surface area contributed by atoms with Gasteiger partial charge < -0.3 is 10.1 Å². The van der Waals surface area contributed by atoms with E-state index in [0.29, 0.717) is 11.4 Å². The molecule has 1 unspecified atom stereocenters. The van der Waals surface area contributed by atoms with Gasteiger partial charge in [0.15, 0.2) is 0 Å². The Morgan fingerprint density at radius 2 is 1.58 bits per heavy atom. The molecule has 0 aliphatic rings. The molecular weight excluding hydrogens is 412 g/mol. The highest BCUT2D eigenvalue weighted by Crippen LogP contribution is 2.26. The third kappa shape index (κ3) is 5.24. The third-order valence-electron chi connectivity index (χ3n) is 4.92. The van der Waals surface area contributed by atoms with Crippen molar-refractivity contribution in [1.82, 2.24) is 5.32 Å². The lowest BCUT2D eigenvalue weighted by atomic mass is 10.1. The highest BCUT2D eigenvalue weighted by atomic mass is 32.2. The van der Waals surface area contributed by atoms with E-state index in [1.54, 1.807) is 37.4 Å². The fourth-order valence-electron chi connectivity index (χ4n) is 3.27. The van der Waals surface area contributed by atoms with Crippen LogP contribution in [-0.4, -0.2) is 28.0 Å². The first-order valence-corrected chi connectivity index (χ1v) is 11.3. The Balaban J connectivity index is 1.88. The minimum absolute atomic E-state index is 0.126. The number of methoxy groups -OCH3 is 1. The van der Waals surface area contributed by atoms with E-state index in [-0.39, 0.29) is 17.5 Å². The number of hydrogen-bond donors (Lipinski definition) is 1. The molecule has 3 aromatic carbocycles. The van der Waals surface area contributed by atoms with Crippen molar-refractivity contribution >= 4 is 21.6 Å². The largest absolute Gasteiger partial charge is 0.496 e. The number of carbonyl (C=O) groups excluding carboxylic acids is 1. The SMILES string of the molecule is COc1ccccc1C(C)NC(=O)CN(c1ccc(C)cc1)S(=O)(=O)c1ccccc1. The summed E-state index contributed by atoms with van der Waals surface area (Å²) in [5, 5.41) is 2.88. The van der Waals surface area contributed by atoms with Crippen LogP contribution in [-0.2, 0) is 14.8 Å². The van der Waals surface area contributed by atoms with Gasteiger partial charge in [0.25, 0.3) is 10.0 Å². The highest BCUT2D eigenvalue weighted by molar-refractivity contribution is 7.92. The summed E-state index contributed by atoms with van der Waals surface area (Å²) in [6.45, 7) is 3.40. The molecule has 0 fully saturated rings. The summed E-state index contributed by atoms with van der Waals surface area (Å²) in [5.41, 5.74) is 2.23. The van der Waals surface area contributed by atoms with Crippen molar-refractivity contribution in [3.05, 3.63) is 90.0 Å². The van der Waals surface area contributed by atoms with Crippen LogP contribution in [0.1, 0.15) is 24.1 Å². The number of rotatable bonds is 8. The summed E-state index contributed by atoms with van der Waals surface area (Å²) in [5.74, 6) is 0.237. The molecule has 7 heteroatoms. The Morgan fingerprint density at radius 1 is 0.968 bits per heavy atom. The normalized spacial score (nSPS) is 12.1. The van der Waals surface area contributed by atoms with Crippen LogP contribution in [0.2, 0.25) is 0 Å². The molecule has 1 atom stereocenters. The van der Waals surface area contributed by atoms with E-state index < -0.39 is 15.9 Å². The molecule has 0 heterocycles. The Hall–Kier alpha value is -3.32. The summed E-state index contributed by atoms with van der Waals surface area (Å²) >= 11 is 0. The number of carbonyl (C=O) groups is 1. The molecule has 0 aliphatic carbocycles. The summed E-state index contributed by atoms with van der Waals surface area (Å²) in [6.07, 6.45) is 0. The van der Waals surface area contributed by atoms with E-state index in [0.717, 1.165) is 15.4 Å². The van der Waals surface area contributed by atoms with E-state index in [2.05, 4.69) is 5.32 Å². The van der Waals surface area contributed by atoms with Gasteiger partial charge in [-0.1, -0.05) is 54.1 Å². The van der Waals surface area contributed by atoms with Gasteiger partial charge in [-0.2, -0.15) is 0 Å². The summed E-state index contributed by atoms with van der Waals surface area (Å²) in [4.78, 5) is 13.0. The van der Waals surface area contributed by atoms with Gasteiger partial charge >= 0.3 is 0 Å². The molecule has 1 N–H and O–H groups in total. The predicted molar refractivity (Wildman–Crippen MR) is 122 cm³/mol. The third-order valence-corrected chi connectivity index (χ3v) is 6.71. The van der Waals surface area contributed by atoms with Crippen LogP contribution in [0.5, 0.6) is 5.75 Å². The van der Waals surface area contributed by atoms with Crippen LogP contribution >= 0.6 is 0 Å². The van der Waals surface area contributed by atoms with Crippen LogP contribution in [0.25, 0.3) is 0 Å². The van der Waals surface area contributed by atoms with Crippen LogP contribution in [0, 0.1) is 6.92 Å². The van der Waals surface area contributed by atoms with E-state index >= 15 is 0 Å². The molecule has 0 saturated heterocycles. The first-order valence-electron chi connectivity index (χ1n) is 9.89. The highest BCUT2D eigenvalue weighted by Gasteiger charge is 2.27.